The van der Waals surface area contributed by atoms with Crippen LogP contribution in [0.5, 0.6) is 0 Å². The van der Waals surface area contributed by atoms with Crippen LogP contribution >= 0.6 is 0 Å². The Labute approximate surface area is 200 Å². The standard InChI is InChI=1S/C25H21F2N5O2S/c1-3-35(33,34)30-21-9-17(22-5-4-20(26)12-23(22)27)8-18(10-21)24-14-28-25-11-16(6-7-32(24)25)19-13-29-31(2)15-19/h4-15,30H,3H2,1-2H3. The highest BCUT2D eigenvalue weighted by molar-refractivity contribution is 7.92. The van der Waals surface area contributed by atoms with Crippen LogP contribution in [0.25, 0.3) is 39.2 Å². The van der Waals surface area contributed by atoms with E-state index in [1.54, 1.807) is 29.2 Å². The van der Waals surface area contributed by atoms with Crippen molar-refractivity contribution in [2.24, 2.45) is 7.05 Å². The van der Waals surface area contributed by atoms with Gasteiger partial charge in [0.1, 0.15) is 17.3 Å². The van der Waals surface area contributed by atoms with Crippen LogP contribution in [0.4, 0.5) is 14.5 Å². The van der Waals surface area contributed by atoms with Gasteiger partial charge >= 0.3 is 0 Å². The van der Waals surface area contributed by atoms with E-state index in [2.05, 4.69) is 14.8 Å². The summed E-state index contributed by atoms with van der Waals surface area (Å²) in [7, 11) is -1.74. The van der Waals surface area contributed by atoms with Crippen molar-refractivity contribution in [1.82, 2.24) is 19.2 Å². The molecule has 0 aliphatic carbocycles. The number of aryl methyl sites for hydroxylation is 1. The van der Waals surface area contributed by atoms with Gasteiger partial charge in [0.15, 0.2) is 0 Å². The zero-order valence-electron chi connectivity index (χ0n) is 18.9. The van der Waals surface area contributed by atoms with Crippen molar-refractivity contribution < 1.29 is 17.2 Å². The predicted octanol–water partition coefficient (Wildman–Crippen LogP) is 5.11. The van der Waals surface area contributed by atoms with Crippen LogP contribution in [-0.2, 0) is 17.1 Å². The molecule has 0 aliphatic rings. The van der Waals surface area contributed by atoms with Gasteiger partial charge in [0.2, 0.25) is 10.0 Å². The molecular weight excluding hydrogens is 472 g/mol. The molecule has 0 saturated heterocycles. The first-order chi connectivity index (χ1) is 16.7. The fourth-order valence-corrected chi connectivity index (χ4v) is 4.53. The number of nitrogens with zero attached hydrogens (tertiary/aromatic N) is 4. The van der Waals surface area contributed by atoms with Gasteiger partial charge in [-0.1, -0.05) is 0 Å². The molecule has 5 aromatic rings. The molecule has 5 rings (SSSR count). The third kappa shape index (κ3) is 4.52. The number of rotatable bonds is 6. The molecule has 0 fully saturated rings. The van der Waals surface area contributed by atoms with Crippen LogP contribution in [0.2, 0.25) is 0 Å². The number of hydrogen-bond donors (Lipinski definition) is 1. The van der Waals surface area contributed by atoms with Crippen molar-refractivity contribution in [3.8, 4) is 33.5 Å². The molecule has 178 valence electrons. The number of imidazole rings is 1. The number of fused-ring (bicyclic) bond motifs is 1. The second-order valence-electron chi connectivity index (χ2n) is 8.12. The minimum absolute atomic E-state index is 0.121. The molecule has 7 nitrogen and oxygen atoms in total. The number of hydrogen-bond acceptors (Lipinski definition) is 4. The van der Waals surface area contributed by atoms with Crippen LogP contribution in [0.1, 0.15) is 6.92 Å². The van der Waals surface area contributed by atoms with Gasteiger partial charge in [-0.15, -0.1) is 0 Å². The quantitative estimate of drug-likeness (QED) is 0.357. The van der Waals surface area contributed by atoms with Crippen molar-refractivity contribution in [2.75, 3.05) is 10.5 Å². The lowest BCUT2D eigenvalue weighted by Gasteiger charge is -2.13. The molecule has 0 spiro atoms. The third-order valence-electron chi connectivity index (χ3n) is 5.68. The molecule has 0 saturated carbocycles. The van der Waals surface area contributed by atoms with Gasteiger partial charge in [0.05, 0.1) is 23.8 Å². The fourth-order valence-electron chi connectivity index (χ4n) is 3.91. The second-order valence-corrected chi connectivity index (χ2v) is 10.1. The van der Waals surface area contributed by atoms with E-state index < -0.39 is 21.7 Å². The number of benzene rings is 2. The first-order valence-corrected chi connectivity index (χ1v) is 12.4. The van der Waals surface area contributed by atoms with Crippen molar-refractivity contribution >= 4 is 21.4 Å². The first kappa shape index (κ1) is 22.7. The fraction of sp³-hybridized carbons (Fsp3) is 0.120. The van der Waals surface area contributed by atoms with Gasteiger partial charge in [0, 0.05) is 47.9 Å². The average Bonchev–Trinajstić information content (AvgIpc) is 3.44. The largest absolute Gasteiger partial charge is 0.300 e. The summed E-state index contributed by atoms with van der Waals surface area (Å²) in [6.45, 7) is 1.52. The van der Waals surface area contributed by atoms with Crippen LogP contribution in [0.3, 0.4) is 0 Å². The van der Waals surface area contributed by atoms with Gasteiger partial charge in [-0.05, 0) is 60.5 Å². The molecule has 10 heteroatoms. The monoisotopic (exact) mass is 493 g/mol. The lowest BCUT2D eigenvalue weighted by molar-refractivity contribution is 0.585. The van der Waals surface area contributed by atoms with Crippen molar-refractivity contribution in [3.05, 3.63) is 85.0 Å². The molecule has 0 aliphatic heterocycles. The second kappa shape index (κ2) is 8.62. The van der Waals surface area contributed by atoms with E-state index in [-0.39, 0.29) is 17.0 Å². The van der Waals surface area contributed by atoms with Gasteiger partial charge in [-0.3, -0.25) is 13.8 Å². The minimum Gasteiger partial charge on any atom is -0.300 e. The number of nitrogens with one attached hydrogen (secondary N) is 1. The summed E-state index contributed by atoms with van der Waals surface area (Å²) in [5, 5.41) is 4.20. The van der Waals surface area contributed by atoms with Gasteiger partial charge in [-0.2, -0.15) is 5.10 Å². The maximum atomic E-state index is 14.6. The Hall–Kier alpha value is -4.05. The summed E-state index contributed by atoms with van der Waals surface area (Å²) in [6.07, 6.45) is 7.20. The van der Waals surface area contributed by atoms with Crippen molar-refractivity contribution in [2.45, 2.75) is 6.92 Å². The average molecular weight is 494 g/mol. The summed E-state index contributed by atoms with van der Waals surface area (Å²) in [5.41, 5.74) is 4.68. The van der Waals surface area contributed by atoms with E-state index in [0.717, 1.165) is 23.3 Å². The molecule has 35 heavy (non-hydrogen) atoms. The zero-order chi connectivity index (χ0) is 24.7. The smallest absolute Gasteiger partial charge is 0.232 e. The summed E-state index contributed by atoms with van der Waals surface area (Å²) in [5.74, 6) is -1.56. The highest BCUT2D eigenvalue weighted by Gasteiger charge is 2.15. The maximum absolute atomic E-state index is 14.6. The third-order valence-corrected chi connectivity index (χ3v) is 6.98. The summed E-state index contributed by atoms with van der Waals surface area (Å²) in [6, 6.07) is 12.0. The van der Waals surface area contributed by atoms with E-state index in [9.17, 15) is 17.2 Å². The summed E-state index contributed by atoms with van der Waals surface area (Å²) >= 11 is 0. The lowest BCUT2D eigenvalue weighted by Crippen LogP contribution is -2.14. The van der Waals surface area contributed by atoms with Gasteiger partial charge in [-0.25, -0.2) is 22.2 Å². The maximum Gasteiger partial charge on any atom is 0.232 e. The predicted molar refractivity (Wildman–Crippen MR) is 131 cm³/mol. The molecule has 3 heterocycles. The molecule has 0 unspecified atom stereocenters. The molecule has 3 aromatic heterocycles. The number of halogens is 2. The Morgan fingerprint density at radius 3 is 2.46 bits per heavy atom. The summed E-state index contributed by atoms with van der Waals surface area (Å²) < 4.78 is 58.7. The number of anilines is 1. The van der Waals surface area contributed by atoms with Crippen molar-refractivity contribution in [3.63, 3.8) is 0 Å². The number of pyridine rings is 1. The molecule has 0 amide bonds. The molecule has 0 bridgehead atoms. The molecule has 1 N–H and O–H groups in total. The van der Waals surface area contributed by atoms with Crippen LogP contribution in [0, 0.1) is 11.6 Å². The number of sulfonamides is 1. The highest BCUT2D eigenvalue weighted by Crippen LogP contribution is 2.33. The number of aromatic nitrogens is 4. The highest BCUT2D eigenvalue weighted by atomic mass is 32.2. The molecule has 2 aromatic carbocycles. The van der Waals surface area contributed by atoms with Gasteiger partial charge < -0.3 is 0 Å². The van der Waals surface area contributed by atoms with Crippen molar-refractivity contribution in [1.29, 1.82) is 0 Å². The Kier molecular flexibility index (Phi) is 5.60. The Bertz CT molecular complexity index is 1670. The lowest BCUT2D eigenvalue weighted by atomic mass is 10.00. The Morgan fingerprint density at radius 1 is 0.943 bits per heavy atom. The Morgan fingerprint density at radius 2 is 1.74 bits per heavy atom. The van der Waals surface area contributed by atoms with E-state index in [1.165, 1.54) is 19.1 Å². The SMILES string of the molecule is CCS(=O)(=O)Nc1cc(-c2ccc(F)cc2F)cc(-c2cnc3cc(-c4cnn(C)c4)ccn23)c1. The van der Waals surface area contributed by atoms with E-state index in [4.69, 9.17) is 0 Å². The molecule has 0 radical (unpaired) electrons. The van der Waals surface area contributed by atoms with E-state index >= 15 is 0 Å². The normalized spacial score (nSPS) is 11.8. The topological polar surface area (TPSA) is 81.3 Å². The van der Waals surface area contributed by atoms with Gasteiger partial charge in [0.25, 0.3) is 0 Å². The van der Waals surface area contributed by atoms with Crippen LogP contribution in [0.15, 0.2) is 73.3 Å². The van der Waals surface area contributed by atoms with Crippen LogP contribution in [-0.4, -0.2) is 33.3 Å². The summed E-state index contributed by atoms with van der Waals surface area (Å²) in [4.78, 5) is 4.51. The Balaban J connectivity index is 1.65. The molecular formula is C25H21F2N5O2S. The zero-order valence-corrected chi connectivity index (χ0v) is 19.7. The van der Waals surface area contributed by atoms with Crippen LogP contribution < -0.4 is 4.72 Å². The van der Waals surface area contributed by atoms with E-state index in [1.807, 2.05) is 36.0 Å². The molecule has 0 atom stereocenters. The minimum atomic E-state index is -3.58. The van der Waals surface area contributed by atoms with E-state index in [0.29, 0.717) is 22.5 Å². The first-order valence-electron chi connectivity index (χ1n) is 10.8.